The second kappa shape index (κ2) is 3.61. The summed E-state index contributed by atoms with van der Waals surface area (Å²) in [5, 5.41) is 18.6. The lowest BCUT2D eigenvalue weighted by atomic mass is 10.4. The third kappa shape index (κ3) is 1.70. The third-order valence-corrected chi connectivity index (χ3v) is 1.14. The highest BCUT2D eigenvalue weighted by Gasteiger charge is 2.02. The molecule has 0 fully saturated rings. The Hall–Kier alpha value is -1.51. The van der Waals surface area contributed by atoms with Crippen molar-refractivity contribution in [2.24, 2.45) is 0 Å². The third-order valence-electron chi connectivity index (χ3n) is 1.14. The van der Waals surface area contributed by atoms with E-state index in [1.807, 2.05) is 0 Å². The molecule has 1 aromatic rings. The molecule has 0 aliphatic carbocycles. The van der Waals surface area contributed by atoms with E-state index in [9.17, 15) is 4.39 Å². The minimum atomic E-state index is -0.426. The second-order valence-electron chi connectivity index (χ2n) is 1.88. The largest absolute Gasteiger partial charge is 0.253 e. The zero-order valence-corrected chi connectivity index (χ0v) is 5.74. The van der Waals surface area contributed by atoms with Crippen LogP contribution in [0, 0.1) is 11.3 Å². The van der Waals surface area contributed by atoms with Crippen molar-refractivity contribution in [1.29, 1.82) is 5.26 Å². The molecule has 1 heterocycles. The van der Waals surface area contributed by atoms with E-state index in [-0.39, 0.29) is 5.82 Å². The Balaban J connectivity index is 2.63. The van der Waals surface area contributed by atoms with Gasteiger partial charge in [0, 0.05) is 6.54 Å². The Morgan fingerprint density at radius 3 is 3.09 bits per heavy atom. The summed E-state index contributed by atoms with van der Waals surface area (Å²) in [6.45, 7) is -0.0723. The van der Waals surface area contributed by atoms with Gasteiger partial charge in [0.1, 0.15) is 6.07 Å². The van der Waals surface area contributed by atoms with Gasteiger partial charge in [0.2, 0.25) is 0 Å². The molecule has 0 bridgehead atoms. The highest BCUT2D eigenvalue weighted by Crippen LogP contribution is 1.91. The van der Waals surface area contributed by atoms with Crippen molar-refractivity contribution in [3.8, 4) is 6.07 Å². The predicted octanol–water partition coefficient (Wildman–Crippen LogP) is -0.0956. The van der Waals surface area contributed by atoms with Crippen molar-refractivity contribution in [1.82, 2.24) is 20.2 Å². The van der Waals surface area contributed by atoms with Crippen molar-refractivity contribution in [3.63, 3.8) is 0 Å². The van der Waals surface area contributed by atoms with Crippen LogP contribution in [-0.4, -0.2) is 26.9 Å². The van der Waals surface area contributed by atoms with E-state index in [2.05, 4.69) is 15.5 Å². The molecule has 6 heteroatoms. The molecule has 0 radical (unpaired) electrons. The monoisotopic (exact) mass is 155 g/mol. The van der Waals surface area contributed by atoms with Crippen molar-refractivity contribution < 1.29 is 4.39 Å². The van der Waals surface area contributed by atoms with Gasteiger partial charge in [-0.15, -0.1) is 0 Å². The van der Waals surface area contributed by atoms with Gasteiger partial charge < -0.3 is 0 Å². The molecule has 11 heavy (non-hydrogen) atoms. The van der Waals surface area contributed by atoms with E-state index in [1.165, 1.54) is 4.68 Å². The zero-order chi connectivity index (χ0) is 8.10. The normalized spacial score (nSPS) is 9.45. The summed E-state index contributed by atoms with van der Waals surface area (Å²) >= 11 is 0. The Labute approximate surface area is 62.4 Å². The SMILES string of the molecule is N#Cc1nnnn1CCCF. The van der Waals surface area contributed by atoms with Crippen LogP contribution in [0.15, 0.2) is 0 Å². The van der Waals surface area contributed by atoms with Crippen molar-refractivity contribution in [2.75, 3.05) is 6.67 Å². The molecule has 0 saturated heterocycles. The number of hydrogen-bond acceptors (Lipinski definition) is 4. The summed E-state index contributed by atoms with van der Waals surface area (Å²) in [6, 6.07) is 1.79. The Bertz CT molecular complexity index is 262. The summed E-state index contributed by atoms with van der Waals surface area (Å²) in [6.07, 6.45) is 0.333. The van der Waals surface area contributed by atoms with Crippen LogP contribution < -0.4 is 0 Å². The minimum Gasteiger partial charge on any atom is -0.251 e. The Morgan fingerprint density at radius 1 is 1.64 bits per heavy atom. The number of nitrogens with zero attached hydrogens (tertiary/aromatic N) is 5. The standard InChI is InChI=1S/C5H6FN5/c6-2-1-3-11-5(4-7)8-9-10-11/h1-3H2. The molecule has 1 aromatic heterocycles. The first-order valence-electron chi connectivity index (χ1n) is 3.10. The number of nitriles is 1. The van der Waals surface area contributed by atoms with E-state index >= 15 is 0 Å². The smallest absolute Gasteiger partial charge is 0.251 e. The fourth-order valence-electron chi connectivity index (χ4n) is 0.645. The zero-order valence-electron chi connectivity index (χ0n) is 5.74. The van der Waals surface area contributed by atoms with Crippen LogP contribution in [0.1, 0.15) is 12.2 Å². The van der Waals surface area contributed by atoms with Gasteiger partial charge in [-0.3, -0.25) is 4.39 Å². The quantitative estimate of drug-likeness (QED) is 0.611. The predicted molar refractivity (Wildman–Crippen MR) is 33.1 cm³/mol. The van der Waals surface area contributed by atoms with Gasteiger partial charge in [-0.25, -0.2) is 4.68 Å². The van der Waals surface area contributed by atoms with Crippen molar-refractivity contribution in [2.45, 2.75) is 13.0 Å². The maximum Gasteiger partial charge on any atom is 0.253 e. The number of alkyl halides is 1. The van der Waals surface area contributed by atoms with Crippen molar-refractivity contribution in [3.05, 3.63) is 5.82 Å². The second-order valence-corrected chi connectivity index (χ2v) is 1.88. The molecule has 0 N–H and O–H groups in total. The lowest BCUT2D eigenvalue weighted by Crippen LogP contribution is -2.03. The summed E-state index contributed by atoms with van der Waals surface area (Å²) in [5.41, 5.74) is 0. The molecule has 0 aromatic carbocycles. The molecule has 0 saturated carbocycles. The molecule has 58 valence electrons. The first-order chi connectivity index (χ1) is 5.38. The maximum absolute atomic E-state index is 11.7. The van der Waals surface area contributed by atoms with Gasteiger partial charge in [0.05, 0.1) is 6.67 Å². The minimum absolute atomic E-state index is 0.124. The fourth-order valence-corrected chi connectivity index (χ4v) is 0.645. The number of rotatable bonds is 3. The molecule has 0 atom stereocenters. The maximum atomic E-state index is 11.7. The number of aryl methyl sites for hydroxylation is 1. The first kappa shape index (κ1) is 7.60. The summed E-state index contributed by atoms with van der Waals surface area (Å²) in [5.74, 6) is 0.124. The lowest BCUT2D eigenvalue weighted by Gasteiger charge is -1.94. The lowest BCUT2D eigenvalue weighted by molar-refractivity contribution is 0.430. The molecule has 0 spiro atoms. The van der Waals surface area contributed by atoms with Crippen LogP contribution in [0.3, 0.4) is 0 Å². The van der Waals surface area contributed by atoms with Crippen LogP contribution in [0.25, 0.3) is 0 Å². The van der Waals surface area contributed by atoms with Crippen LogP contribution in [-0.2, 0) is 6.54 Å². The molecule has 0 aliphatic heterocycles. The van der Waals surface area contributed by atoms with Gasteiger partial charge in [0.15, 0.2) is 0 Å². The molecule has 0 aliphatic rings. The molecular weight excluding hydrogens is 149 g/mol. The van der Waals surface area contributed by atoms with Crippen molar-refractivity contribution >= 4 is 0 Å². The number of hydrogen-bond donors (Lipinski definition) is 0. The van der Waals surface area contributed by atoms with E-state index < -0.39 is 6.67 Å². The molecule has 1 rings (SSSR count). The van der Waals surface area contributed by atoms with Gasteiger partial charge >= 0.3 is 0 Å². The molecule has 5 nitrogen and oxygen atoms in total. The van der Waals surface area contributed by atoms with Gasteiger partial charge in [-0.1, -0.05) is 5.10 Å². The first-order valence-corrected chi connectivity index (χ1v) is 3.10. The number of aromatic nitrogens is 4. The topological polar surface area (TPSA) is 67.4 Å². The van der Waals surface area contributed by atoms with Gasteiger partial charge in [-0.2, -0.15) is 5.26 Å². The molecule has 0 unspecified atom stereocenters. The number of tetrazole rings is 1. The highest BCUT2D eigenvalue weighted by atomic mass is 19.1. The van der Waals surface area contributed by atoms with Gasteiger partial charge in [0.25, 0.3) is 5.82 Å². The van der Waals surface area contributed by atoms with E-state index in [4.69, 9.17) is 5.26 Å². The summed E-state index contributed by atoms with van der Waals surface area (Å²) < 4.78 is 12.9. The number of halogens is 1. The van der Waals surface area contributed by atoms with E-state index in [0.29, 0.717) is 13.0 Å². The fraction of sp³-hybridized carbons (Fsp3) is 0.600. The molecular formula is C5H6FN5. The average molecular weight is 155 g/mol. The summed E-state index contributed by atoms with van der Waals surface area (Å²) in [7, 11) is 0. The highest BCUT2D eigenvalue weighted by molar-refractivity contribution is 5.05. The van der Waals surface area contributed by atoms with Gasteiger partial charge in [-0.05, 0) is 16.8 Å². The van der Waals surface area contributed by atoms with E-state index in [0.717, 1.165) is 0 Å². The molecule has 0 amide bonds. The average Bonchev–Trinajstić information content (AvgIpc) is 2.47. The Kier molecular flexibility index (Phi) is 2.49. The van der Waals surface area contributed by atoms with Crippen LogP contribution in [0.2, 0.25) is 0 Å². The van der Waals surface area contributed by atoms with Crippen LogP contribution in [0.4, 0.5) is 4.39 Å². The van der Waals surface area contributed by atoms with Crippen LogP contribution >= 0.6 is 0 Å². The van der Waals surface area contributed by atoms with Crippen LogP contribution in [0.5, 0.6) is 0 Å². The summed E-state index contributed by atoms with van der Waals surface area (Å²) in [4.78, 5) is 0. The Morgan fingerprint density at radius 2 is 2.45 bits per heavy atom. The van der Waals surface area contributed by atoms with E-state index in [1.54, 1.807) is 6.07 Å².